The van der Waals surface area contributed by atoms with Crippen molar-refractivity contribution in [3.63, 3.8) is 0 Å². The van der Waals surface area contributed by atoms with Crippen LogP contribution in [0.25, 0.3) is 0 Å². The number of likely N-dealkylation sites (N-methyl/N-ethyl adjacent to an activating group) is 1. The molecule has 0 aromatic heterocycles. The van der Waals surface area contributed by atoms with Gasteiger partial charge in [0, 0.05) is 20.1 Å². The molecule has 0 bridgehead atoms. The molecule has 23 heavy (non-hydrogen) atoms. The average molecular weight is 318 g/mol. The second kappa shape index (κ2) is 6.02. The maximum absolute atomic E-state index is 11.8. The van der Waals surface area contributed by atoms with Gasteiger partial charge in [-0.3, -0.25) is 9.69 Å². The topological polar surface area (TPSA) is 60.0 Å². The van der Waals surface area contributed by atoms with Crippen molar-refractivity contribution in [2.75, 3.05) is 26.9 Å². The highest BCUT2D eigenvalue weighted by molar-refractivity contribution is 5.80. The van der Waals surface area contributed by atoms with Gasteiger partial charge in [-0.2, -0.15) is 0 Å². The SMILES string of the molecule is CNC(=O)[C@@H]1C[C@H]2CCN(Cc3ccc4c(c3)OCO4)C[C@H]2O1. The molecule has 3 atom stereocenters. The molecule has 0 aliphatic carbocycles. The van der Waals surface area contributed by atoms with E-state index in [1.165, 1.54) is 5.56 Å². The predicted octanol–water partition coefficient (Wildman–Crippen LogP) is 1.14. The number of piperidine rings is 1. The molecule has 1 aromatic carbocycles. The van der Waals surface area contributed by atoms with Crippen molar-refractivity contribution in [1.29, 1.82) is 0 Å². The third-order valence-electron chi connectivity index (χ3n) is 5.02. The van der Waals surface area contributed by atoms with Crippen LogP contribution in [0.5, 0.6) is 11.5 Å². The molecule has 0 radical (unpaired) electrons. The number of nitrogens with one attached hydrogen (secondary N) is 1. The zero-order valence-electron chi connectivity index (χ0n) is 13.3. The lowest BCUT2D eigenvalue weighted by Gasteiger charge is -2.34. The van der Waals surface area contributed by atoms with Crippen LogP contribution in [0.3, 0.4) is 0 Å². The normalized spacial score (nSPS) is 29.3. The Hall–Kier alpha value is -1.79. The summed E-state index contributed by atoms with van der Waals surface area (Å²) in [5.41, 5.74) is 1.22. The van der Waals surface area contributed by atoms with Crippen LogP contribution < -0.4 is 14.8 Å². The van der Waals surface area contributed by atoms with Crippen molar-refractivity contribution in [3.05, 3.63) is 23.8 Å². The molecular formula is C17H22N2O4. The minimum atomic E-state index is -0.277. The lowest BCUT2D eigenvalue weighted by Crippen LogP contribution is -2.42. The number of rotatable bonds is 3. The van der Waals surface area contributed by atoms with Crippen LogP contribution in [0.2, 0.25) is 0 Å². The Morgan fingerprint density at radius 2 is 2.22 bits per heavy atom. The van der Waals surface area contributed by atoms with E-state index in [9.17, 15) is 4.79 Å². The van der Waals surface area contributed by atoms with Crippen LogP contribution in [0, 0.1) is 5.92 Å². The molecule has 6 nitrogen and oxygen atoms in total. The van der Waals surface area contributed by atoms with Gasteiger partial charge in [-0.1, -0.05) is 6.07 Å². The van der Waals surface area contributed by atoms with E-state index >= 15 is 0 Å². The van der Waals surface area contributed by atoms with Gasteiger partial charge >= 0.3 is 0 Å². The Balaban J connectivity index is 1.38. The second-order valence-electron chi connectivity index (χ2n) is 6.48. The lowest BCUT2D eigenvalue weighted by molar-refractivity contribution is -0.132. The summed E-state index contributed by atoms with van der Waals surface area (Å²) < 4.78 is 16.8. The Bertz CT molecular complexity index is 606. The van der Waals surface area contributed by atoms with Gasteiger partial charge in [-0.25, -0.2) is 0 Å². The van der Waals surface area contributed by atoms with Crippen molar-refractivity contribution in [3.8, 4) is 11.5 Å². The predicted molar refractivity (Wildman–Crippen MR) is 83.3 cm³/mol. The van der Waals surface area contributed by atoms with Crippen molar-refractivity contribution < 1.29 is 19.0 Å². The number of ether oxygens (including phenoxy) is 3. The van der Waals surface area contributed by atoms with Crippen molar-refractivity contribution in [2.24, 2.45) is 5.92 Å². The van der Waals surface area contributed by atoms with Gasteiger partial charge in [0.05, 0.1) is 6.10 Å². The van der Waals surface area contributed by atoms with Crippen LogP contribution in [0.15, 0.2) is 18.2 Å². The first-order valence-corrected chi connectivity index (χ1v) is 8.21. The van der Waals surface area contributed by atoms with E-state index in [2.05, 4.69) is 22.3 Å². The van der Waals surface area contributed by atoms with E-state index in [0.717, 1.165) is 44.0 Å². The molecule has 1 aromatic rings. The maximum Gasteiger partial charge on any atom is 0.248 e. The zero-order valence-corrected chi connectivity index (χ0v) is 13.3. The number of hydrogen-bond acceptors (Lipinski definition) is 5. The van der Waals surface area contributed by atoms with Crippen molar-refractivity contribution >= 4 is 5.91 Å². The monoisotopic (exact) mass is 318 g/mol. The van der Waals surface area contributed by atoms with Gasteiger partial charge in [0.2, 0.25) is 12.7 Å². The Labute approximate surface area is 135 Å². The first-order valence-electron chi connectivity index (χ1n) is 8.21. The van der Waals surface area contributed by atoms with Gasteiger partial charge in [0.15, 0.2) is 11.5 Å². The third kappa shape index (κ3) is 2.88. The van der Waals surface area contributed by atoms with Crippen molar-refractivity contribution in [2.45, 2.75) is 31.6 Å². The highest BCUT2D eigenvalue weighted by Gasteiger charge is 2.41. The van der Waals surface area contributed by atoms with Crippen LogP contribution in [0.4, 0.5) is 0 Å². The lowest BCUT2D eigenvalue weighted by atomic mass is 9.91. The van der Waals surface area contributed by atoms with E-state index in [-0.39, 0.29) is 18.1 Å². The number of carbonyl (C=O) groups excluding carboxylic acids is 1. The highest BCUT2D eigenvalue weighted by atomic mass is 16.7. The minimum absolute atomic E-state index is 0.00159. The number of nitrogens with zero attached hydrogens (tertiary/aromatic N) is 1. The fraction of sp³-hybridized carbons (Fsp3) is 0.588. The van der Waals surface area contributed by atoms with Gasteiger partial charge in [-0.05, 0) is 43.0 Å². The standard InChI is InChI=1S/C17H22N2O4/c1-18-17(20)15-7-12-4-5-19(9-16(12)23-15)8-11-2-3-13-14(6-11)22-10-21-13/h2-3,6,12,15-16H,4-5,7-10H2,1H3,(H,18,20)/t12-,15+,16-/m1/s1. The van der Waals surface area contributed by atoms with E-state index in [0.29, 0.717) is 12.7 Å². The quantitative estimate of drug-likeness (QED) is 0.906. The summed E-state index contributed by atoms with van der Waals surface area (Å²) in [6.45, 7) is 3.10. The summed E-state index contributed by atoms with van der Waals surface area (Å²) in [5.74, 6) is 2.15. The maximum atomic E-state index is 11.8. The molecule has 2 fully saturated rings. The number of fused-ring (bicyclic) bond motifs is 2. The summed E-state index contributed by atoms with van der Waals surface area (Å²) in [5, 5.41) is 2.69. The molecule has 3 heterocycles. The Kier molecular flexibility index (Phi) is 3.87. The average Bonchev–Trinajstić information content (AvgIpc) is 3.19. The summed E-state index contributed by atoms with van der Waals surface area (Å²) in [6, 6.07) is 6.11. The molecule has 0 spiro atoms. The van der Waals surface area contributed by atoms with Crippen LogP contribution in [-0.2, 0) is 16.1 Å². The fourth-order valence-electron chi connectivity index (χ4n) is 3.77. The van der Waals surface area contributed by atoms with E-state index in [1.54, 1.807) is 7.05 Å². The van der Waals surface area contributed by atoms with Crippen molar-refractivity contribution in [1.82, 2.24) is 10.2 Å². The number of likely N-dealkylation sites (tertiary alicyclic amines) is 1. The first kappa shape index (κ1) is 14.8. The zero-order chi connectivity index (χ0) is 15.8. The van der Waals surface area contributed by atoms with E-state index in [1.807, 2.05) is 6.07 Å². The highest BCUT2D eigenvalue weighted by Crippen LogP contribution is 2.35. The molecule has 0 saturated carbocycles. The molecule has 4 rings (SSSR count). The molecule has 3 aliphatic rings. The number of hydrogen-bond donors (Lipinski definition) is 1. The molecule has 3 aliphatic heterocycles. The molecular weight excluding hydrogens is 296 g/mol. The van der Waals surface area contributed by atoms with Gasteiger partial charge in [0.25, 0.3) is 0 Å². The Morgan fingerprint density at radius 3 is 3.09 bits per heavy atom. The third-order valence-corrected chi connectivity index (χ3v) is 5.02. The fourth-order valence-corrected chi connectivity index (χ4v) is 3.77. The number of amides is 1. The summed E-state index contributed by atoms with van der Waals surface area (Å²) >= 11 is 0. The number of carbonyl (C=O) groups is 1. The minimum Gasteiger partial charge on any atom is -0.454 e. The van der Waals surface area contributed by atoms with Gasteiger partial charge < -0.3 is 19.5 Å². The smallest absolute Gasteiger partial charge is 0.248 e. The van der Waals surface area contributed by atoms with Gasteiger partial charge in [-0.15, -0.1) is 0 Å². The molecule has 1 N–H and O–H groups in total. The Morgan fingerprint density at radius 1 is 1.35 bits per heavy atom. The molecule has 1 amide bonds. The van der Waals surface area contributed by atoms with E-state index < -0.39 is 0 Å². The largest absolute Gasteiger partial charge is 0.454 e. The molecule has 124 valence electrons. The summed E-state index contributed by atoms with van der Waals surface area (Å²) in [4.78, 5) is 14.2. The van der Waals surface area contributed by atoms with Gasteiger partial charge in [0.1, 0.15) is 6.10 Å². The molecule has 2 saturated heterocycles. The van der Waals surface area contributed by atoms with E-state index in [4.69, 9.17) is 14.2 Å². The second-order valence-corrected chi connectivity index (χ2v) is 6.48. The number of benzene rings is 1. The summed E-state index contributed by atoms with van der Waals surface area (Å²) in [7, 11) is 1.67. The molecule has 6 heteroatoms. The first-order chi connectivity index (χ1) is 11.2. The van der Waals surface area contributed by atoms with Crippen LogP contribution in [0.1, 0.15) is 18.4 Å². The summed E-state index contributed by atoms with van der Waals surface area (Å²) in [6.07, 6.45) is 1.82. The van der Waals surface area contributed by atoms with Crippen LogP contribution >= 0.6 is 0 Å². The van der Waals surface area contributed by atoms with Crippen LogP contribution in [-0.4, -0.2) is 49.9 Å². The molecule has 0 unspecified atom stereocenters.